The van der Waals surface area contributed by atoms with E-state index in [1.165, 1.54) is 11.3 Å². The molecule has 3 fully saturated rings. The van der Waals surface area contributed by atoms with Gasteiger partial charge in [0.05, 0.1) is 28.8 Å². The van der Waals surface area contributed by atoms with E-state index in [2.05, 4.69) is 29.0 Å². The third kappa shape index (κ3) is 3.02. The van der Waals surface area contributed by atoms with E-state index in [-0.39, 0.29) is 5.91 Å². The molecule has 2 aromatic heterocycles. The van der Waals surface area contributed by atoms with Crippen molar-refractivity contribution >= 4 is 43.2 Å². The zero-order chi connectivity index (χ0) is 17.8. The maximum atomic E-state index is 12.3. The number of nitrogens with zero attached hydrogens (tertiary/aromatic N) is 3. The van der Waals surface area contributed by atoms with Crippen molar-refractivity contribution in [2.24, 2.45) is 5.92 Å². The second-order valence-electron chi connectivity index (χ2n) is 7.79. The summed E-state index contributed by atoms with van der Waals surface area (Å²) in [5, 5.41) is 4.19. The summed E-state index contributed by atoms with van der Waals surface area (Å²) in [5.74, 6) is 0.679. The van der Waals surface area contributed by atoms with Crippen LogP contribution in [0.3, 0.4) is 0 Å². The Morgan fingerprint density at radius 2 is 2.12 bits per heavy atom. The Bertz CT molecular complexity index is 799. The molecule has 3 atom stereocenters. The van der Waals surface area contributed by atoms with E-state index in [1.54, 1.807) is 11.3 Å². The Balaban J connectivity index is 1.26. The highest BCUT2D eigenvalue weighted by molar-refractivity contribution is 7.29. The van der Waals surface area contributed by atoms with Gasteiger partial charge in [-0.3, -0.25) is 9.69 Å². The number of hydrogen-bond acceptors (Lipinski definition) is 7. The van der Waals surface area contributed by atoms with Gasteiger partial charge in [0.2, 0.25) is 0 Å². The van der Waals surface area contributed by atoms with Crippen LogP contribution in [0.15, 0.2) is 6.07 Å². The van der Waals surface area contributed by atoms with E-state index >= 15 is 0 Å². The van der Waals surface area contributed by atoms with E-state index in [0.717, 1.165) is 58.8 Å². The predicted molar refractivity (Wildman–Crippen MR) is 106 cm³/mol. The summed E-state index contributed by atoms with van der Waals surface area (Å²) in [6.07, 6.45) is 1.10. The highest BCUT2D eigenvalue weighted by atomic mass is 32.1. The fourth-order valence-electron chi connectivity index (χ4n) is 3.84. The molecule has 2 aromatic rings. The van der Waals surface area contributed by atoms with Crippen LogP contribution in [0.4, 0.5) is 5.13 Å². The molecular weight excluding hydrogens is 368 g/mol. The molecule has 0 aromatic carbocycles. The van der Waals surface area contributed by atoms with Crippen LogP contribution in [0, 0.1) is 5.92 Å². The second-order valence-corrected chi connectivity index (χ2v) is 9.83. The first-order valence-corrected chi connectivity index (χ1v) is 11.0. The van der Waals surface area contributed by atoms with Crippen LogP contribution >= 0.6 is 22.7 Å². The molecule has 2 aliphatic heterocycles. The van der Waals surface area contributed by atoms with E-state index in [4.69, 9.17) is 9.72 Å². The van der Waals surface area contributed by atoms with Crippen LogP contribution in [0.1, 0.15) is 29.9 Å². The first-order chi connectivity index (χ1) is 12.6. The molecule has 1 saturated carbocycles. The summed E-state index contributed by atoms with van der Waals surface area (Å²) >= 11 is 3.22. The van der Waals surface area contributed by atoms with Gasteiger partial charge in [-0.2, -0.15) is 0 Å². The number of carbonyl (C=O) groups excluding carboxylic acids is 1. The standard InChI is InChI=1S/C18H24N4O2S2/c1-10-5-13(10)19-16(23)14-6-15-17(25-14)20-18(26-15)21-3-4-22(11(2)7-21)12-8-24-9-12/h6,10-13H,3-5,7-9H2,1-2H3,(H,19,23)/t10-,11+,13-/m0/s1. The smallest absolute Gasteiger partial charge is 0.261 e. The van der Waals surface area contributed by atoms with Gasteiger partial charge in [0.25, 0.3) is 5.91 Å². The molecule has 1 aliphatic carbocycles. The van der Waals surface area contributed by atoms with Crippen molar-refractivity contribution in [2.45, 2.75) is 38.4 Å². The van der Waals surface area contributed by atoms with Gasteiger partial charge in [0.1, 0.15) is 4.83 Å². The Morgan fingerprint density at radius 1 is 1.31 bits per heavy atom. The number of aromatic nitrogens is 1. The molecule has 5 rings (SSSR count). The van der Waals surface area contributed by atoms with Gasteiger partial charge in [0.15, 0.2) is 5.13 Å². The number of amides is 1. The topological polar surface area (TPSA) is 57.7 Å². The third-order valence-electron chi connectivity index (χ3n) is 5.77. The van der Waals surface area contributed by atoms with Crippen molar-refractivity contribution in [3.05, 3.63) is 10.9 Å². The van der Waals surface area contributed by atoms with Gasteiger partial charge in [-0.15, -0.1) is 11.3 Å². The van der Waals surface area contributed by atoms with Crippen molar-refractivity contribution in [2.75, 3.05) is 37.7 Å². The number of thiophene rings is 1. The molecule has 6 nitrogen and oxygen atoms in total. The Morgan fingerprint density at radius 3 is 2.73 bits per heavy atom. The van der Waals surface area contributed by atoms with E-state index < -0.39 is 0 Å². The summed E-state index contributed by atoms with van der Waals surface area (Å²) in [7, 11) is 0. The Hall–Kier alpha value is -1.22. The highest BCUT2D eigenvalue weighted by Crippen LogP contribution is 2.36. The van der Waals surface area contributed by atoms with Crippen LogP contribution < -0.4 is 10.2 Å². The number of carbonyl (C=O) groups is 1. The molecule has 1 amide bonds. The van der Waals surface area contributed by atoms with Gasteiger partial charge in [-0.1, -0.05) is 18.3 Å². The van der Waals surface area contributed by atoms with Gasteiger partial charge in [-0.05, 0) is 25.3 Å². The number of ether oxygens (including phenoxy) is 1. The Kier molecular flexibility index (Phi) is 4.19. The minimum absolute atomic E-state index is 0.0565. The molecule has 4 heterocycles. The lowest BCUT2D eigenvalue weighted by Crippen LogP contribution is -2.60. The number of thiazole rings is 1. The summed E-state index contributed by atoms with van der Waals surface area (Å²) in [6.45, 7) is 9.30. The lowest BCUT2D eigenvalue weighted by atomic mass is 10.1. The summed E-state index contributed by atoms with van der Waals surface area (Å²) in [6, 6.07) is 3.49. The van der Waals surface area contributed by atoms with E-state index in [1.807, 2.05) is 6.07 Å². The SMILES string of the molecule is C[C@@H]1CN(c2nc3sc(C(=O)N[C@H]4C[C@@H]4C)cc3s2)CCN1C1COC1. The summed E-state index contributed by atoms with van der Waals surface area (Å²) in [5.41, 5.74) is 0. The molecule has 2 saturated heterocycles. The number of piperazine rings is 1. The van der Waals surface area contributed by atoms with Crippen molar-refractivity contribution < 1.29 is 9.53 Å². The molecule has 0 radical (unpaired) electrons. The van der Waals surface area contributed by atoms with Gasteiger partial charge in [0, 0.05) is 31.7 Å². The second kappa shape index (κ2) is 6.44. The van der Waals surface area contributed by atoms with E-state index in [0.29, 0.717) is 24.0 Å². The maximum absolute atomic E-state index is 12.3. The minimum atomic E-state index is 0.0565. The summed E-state index contributed by atoms with van der Waals surface area (Å²) in [4.78, 5) is 23.9. The van der Waals surface area contributed by atoms with Crippen LogP contribution in [-0.4, -0.2) is 66.8 Å². The molecule has 0 unspecified atom stereocenters. The fourth-order valence-corrected chi connectivity index (χ4v) is 5.99. The number of fused-ring (bicyclic) bond motifs is 1. The number of rotatable bonds is 4. The molecule has 0 bridgehead atoms. The normalized spacial score (nSPS) is 29.8. The summed E-state index contributed by atoms with van der Waals surface area (Å²) < 4.78 is 6.47. The van der Waals surface area contributed by atoms with Crippen LogP contribution in [-0.2, 0) is 4.74 Å². The van der Waals surface area contributed by atoms with Crippen molar-refractivity contribution in [3.8, 4) is 0 Å². The largest absolute Gasteiger partial charge is 0.378 e. The molecule has 3 aliphatic rings. The van der Waals surface area contributed by atoms with Crippen LogP contribution in [0.25, 0.3) is 9.53 Å². The van der Waals surface area contributed by atoms with Crippen LogP contribution in [0.2, 0.25) is 0 Å². The Labute approximate surface area is 161 Å². The third-order valence-corrected chi connectivity index (χ3v) is 7.99. The lowest BCUT2D eigenvalue weighted by Gasteiger charge is -2.46. The maximum Gasteiger partial charge on any atom is 0.261 e. The van der Waals surface area contributed by atoms with Gasteiger partial charge >= 0.3 is 0 Å². The molecular formula is C18H24N4O2S2. The van der Waals surface area contributed by atoms with E-state index in [9.17, 15) is 4.79 Å². The molecule has 26 heavy (non-hydrogen) atoms. The van der Waals surface area contributed by atoms with Gasteiger partial charge in [-0.25, -0.2) is 4.98 Å². The zero-order valence-corrected chi connectivity index (χ0v) is 16.7. The zero-order valence-electron chi connectivity index (χ0n) is 15.1. The van der Waals surface area contributed by atoms with Crippen molar-refractivity contribution in [3.63, 3.8) is 0 Å². The first-order valence-electron chi connectivity index (χ1n) is 9.38. The highest BCUT2D eigenvalue weighted by Gasteiger charge is 2.35. The quantitative estimate of drug-likeness (QED) is 0.866. The lowest BCUT2D eigenvalue weighted by molar-refractivity contribution is -0.0792. The van der Waals surface area contributed by atoms with Crippen molar-refractivity contribution in [1.29, 1.82) is 0 Å². The molecule has 1 N–H and O–H groups in total. The number of hydrogen-bond donors (Lipinski definition) is 1. The van der Waals surface area contributed by atoms with Gasteiger partial charge < -0.3 is 15.0 Å². The first kappa shape index (κ1) is 16.9. The molecule has 140 valence electrons. The molecule has 0 spiro atoms. The fraction of sp³-hybridized carbons (Fsp3) is 0.667. The number of nitrogens with one attached hydrogen (secondary N) is 1. The molecule has 8 heteroatoms. The monoisotopic (exact) mass is 392 g/mol. The average molecular weight is 393 g/mol. The van der Waals surface area contributed by atoms with Crippen LogP contribution in [0.5, 0.6) is 0 Å². The number of anilines is 1. The average Bonchev–Trinajstić information content (AvgIpc) is 2.94. The predicted octanol–water partition coefficient (Wildman–Crippen LogP) is 2.41. The minimum Gasteiger partial charge on any atom is -0.378 e. The van der Waals surface area contributed by atoms with Crippen molar-refractivity contribution in [1.82, 2.24) is 15.2 Å².